The third kappa shape index (κ3) is 6.08. The quantitative estimate of drug-likeness (QED) is 0.758. The molecule has 0 heterocycles. The van der Waals surface area contributed by atoms with Crippen molar-refractivity contribution in [3.63, 3.8) is 0 Å². The summed E-state index contributed by atoms with van der Waals surface area (Å²) in [5, 5.41) is 13.5. The van der Waals surface area contributed by atoms with Gasteiger partial charge in [-0.2, -0.15) is 0 Å². The van der Waals surface area contributed by atoms with Gasteiger partial charge >= 0.3 is 0 Å². The van der Waals surface area contributed by atoms with Crippen LogP contribution in [0.15, 0.2) is 24.3 Å². The first-order valence-corrected chi connectivity index (χ1v) is 7.08. The molecule has 3 nitrogen and oxygen atoms in total. The van der Waals surface area contributed by atoms with Crippen LogP contribution in [0, 0.1) is 5.92 Å². The van der Waals surface area contributed by atoms with Gasteiger partial charge in [0.15, 0.2) is 0 Å². The number of aliphatic hydroxyl groups is 1. The number of ether oxygens (including phenoxy) is 1. The second-order valence-corrected chi connectivity index (χ2v) is 5.57. The molecule has 0 saturated carbocycles. The molecule has 1 aromatic rings. The summed E-state index contributed by atoms with van der Waals surface area (Å²) in [5.74, 6) is 1.51. The molecule has 0 saturated heterocycles. The normalized spacial score (nSPS) is 14.4. The van der Waals surface area contributed by atoms with Gasteiger partial charge in [-0.05, 0) is 43.4 Å². The van der Waals surface area contributed by atoms with Crippen LogP contribution in [-0.4, -0.2) is 24.8 Å². The maximum atomic E-state index is 10.1. The molecule has 0 amide bonds. The fourth-order valence-electron chi connectivity index (χ4n) is 1.96. The Hall–Kier alpha value is -1.06. The number of nitrogens with one attached hydrogen (secondary N) is 1. The Morgan fingerprint density at radius 3 is 2.58 bits per heavy atom. The lowest BCUT2D eigenvalue weighted by molar-refractivity contribution is 0.169. The van der Waals surface area contributed by atoms with E-state index in [1.165, 1.54) is 6.42 Å². The van der Waals surface area contributed by atoms with Gasteiger partial charge in [-0.25, -0.2) is 0 Å². The van der Waals surface area contributed by atoms with E-state index in [0.29, 0.717) is 12.6 Å². The monoisotopic (exact) mass is 265 g/mol. The highest BCUT2D eigenvalue weighted by molar-refractivity contribution is 5.29. The van der Waals surface area contributed by atoms with Gasteiger partial charge < -0.3 is 15.2 Å². The first-order valence-electron chi connectivity index (χ1n) is 7.08. The third-order valence-corrected chi connectivity index (χ3v) is 3.32. The molecule has 0 spiro atoms. The van der Waals surface area contributed by atoms with Crippen molar-refractivity contribution >= 4 is 0 Å². The number of benzene rings is 1. The number of hydrogen-bond donors (Lipinski definition) is 2. The van der Waals surface area contributed by atoms with Crippen molar-refractivity contribution in [3.05, 3.63) is 29.8 Å². The summed E-state index contributed by atoms with van der Waals surface area (Å²) in [6.07, 6.45) is 1.86. The Labute approximate surface area is 117 Å². The maximum absolute atomic E-state index is 10.1. The van der Waals surface area contributed by atoms with Crippen LogP contribution in [0.2, 0.25) is 0 Å². The Morgan fingerprint density at radius 1 is 1.21 bits per heavy atom. The number of methoxy groups -OCH3 is 1. The van der Waals surface area contributed by atoms with Crippen molar-refractivity contribution in [2.75, 3.05) is 13.7 Å². The Bertz CT molecular complexity index is 366. The van der Waals surface area contributed by atoms with E-state index in [1.54, 1.807) is 7.11 Å². The summed E-state index contributed by atoms with van der Waals surface area (Å²) in [5.41, 5.74) is 0.892. The van der Waals surface area contributed by atoms with Gasteiger partial charge in [0.25, 0.3) is 0 Å². The van der Waals surface area contributed by atoms with Gasteiger partial charge in [-0.3, -0.25) is 0 Å². The van der Waals surface area contributed by atoms with E-state index < -0.39 is 6.10 Å². The van der Waals surface area contributed by atoms with Crippen LogP contribution in [-0.2, 0) is 0 Å². The molecule has 2 N–H and O–H groups in total. The van der Waals surface area contributed by atoms with Crippen LogP contribution < -0.4 is 10.1 Å². The minimum Gasteiger partial charge on any atom is -0.497 e. The fraction of sp³-hybridized carbons (Fsp3) is 0.625. The Morgan fingerprint density at radius 2 is 1.95 bits per heavy atom. The molecule has 0 aliphatic rings. The molecule has 1 aromatic carbocycles. The second kappa shape index (κ2) is 8.18. The van der Waals surface area contributed by atoms with E-state index in [2.05, 4.69) is 26.1 Å². The lowest BCUT2D eigenvalue weighted by Gasteiger charge is -2.18. The van der Waals surface area contributed by atoms with Crippen molar-refractivity contribution in [1.82, 2.24) is 5.32 Å². The summed E-state index contributed by atoms with van der Waals surface area (Å²) in [4.78, 5) is 0. The van der Waals surface area contributed by atoms with Crippen molar-refractivity contribution in [2.24, 2.45) is 5.92 Å². The van der Waals surface area contributed by atoms with Crippen molar-refractivity contribution < 1.29 is 9.84 Å². The van der Waals surface area contributed by atoms with Crippen LogP contribution in [0.3, 0.4) is 0 Å². The van der Waals surface area contributed by atoms with E-state index in [1.807, 2.05) is 24.3 Å². The average Bonchev–Trinajstić information content (AvgIpc) is 2.42. The fourth-order valence-corrected chi connectivity index (χ4v) is 1.96. The van der Waals surface area contributed by atoms with Gasteiger partial charge in [0, 0.05) is 12.6 Å². The van der Waals surface area contributed by atoms with Gasteiger partial charge in [-0.1, -0.05) is 26.0 Å². The predicted molar refractivity (Wildman–Crippen MR) is 79.5 cm³/mol. The first-order chi connectivity index (χ1) is 9.02. The highest BCUT2D eigenvalue weighted by Crippen LogP contribution is 2.18. The van der Waals surface area contributed by atoms with Gasteiger partial charge in [0.1, 0.15) is 5.75 Å². The molecule has 108 valence electrons. The Balaban J connectivity index is 2.39. The zero-order valence-electron chi connectivity index (χ0n) is 12.5. The molecule has 19 heavy (non-hydrogen) atoms. The molecule has 0 fully saturated rings. The lowest BCUT2D eigenvalue weighted by Crippen LogP contribution is -2.30. The van der Waals surface area contributed by atoms with Crippen molar-refractivity contribution in [3.8, 4) is 5.75 Å². The van der Waals surface area contributed by atoms with Gasteiger partial charge in [-0.15, -0.1) is 0 Å². The maximum Gasteiger partial charge on any atom is 0.119 e. The van der Waals surface area contributed by atoms with Gasteiger partial charge in [0.2, 0.25) is 0 Å². The third-order valence-electron chi connectivity index (χ3n) is 3.32. The summed E-state index contributed by atoms with van der Waals surface area (Å²) in [7, 11) is 1.64. The van der Waals surface area contributed by atoms with E-state index >= 15 is 0 Å². The molecule has 3 heteroatoms. The van der Waals surface area contributed by atoms with E-state index in [4.69, 9.17) is 4.74 Å². The highest BCUT2D eigenvalue weighted by atomic mass is 16.5. The lowest BCUT2D eigenvalue weighted by atomic mass is 10.0. The Kier molecular flexibility index (Phi) is 6.89. The summed E-state index contributed by atoms with van der Waals surface area (Å²) in [6, 6.07) is 8.02. The van der Waals surface area contributed by atoms with E-state index in [9.17, 15) is 5.11 Å². The molecule has 2 atom stereocenters. The molecule has 0 aliphatic heterocycles. The van der Waals surface area contributed by atoms with Gasteiger partial charge in [0.05, 0.1) is 13.2 Å². The van der Waals surface area contributed by atoms with Crippen LogP contribution in [0.1, 0.15) is 45.3 Å². The highest BCUT2D eigenvalue weighted by Gasteiger charge is 2.10. The molecular weight excluding hydrogens is 238 g/mol. The van der Waals surface area contributed by atoms with E-state index in [-0.39, 0.29) is 0 Å². The zero-order valence-corrected chi connectivity index (χ0v) is 12.5. The zero-order chi connectivity index (χ0) is 14.3. The average molecular weight is 265 g/mol. The smallest absolute Gasteiger partial charge is 0.119 e. The minimum absolute atomic E-state index is 0.433. The van der Waals surface area contributed by atoms with Crippen molar-refractivity contribution in [1.29, 1.82) is 0 Å². The van der Waals surface area contributed by atoms with Crippen LogP contribution in [0.25, 0.3) is 0 Å². The molecule has 0 aliphatic carbocycles. The SMILES string of the molecule is COc1cccc(C(O)CNC(C)CCC(C)C)c1. The largest absolute Gasteiger partial charge is 0.497 e. The second-order valence-electron chi connectivity index (χ2n) is 5.57. The number of aliphatic hydroxyl groups excluding tert-OH is 1. The first kappa shape index (κ1) is 16.0. The standard InChI is InChI=1S/C16H27NO2/c1-12(2)8-9-13(3)17-11-16(18)14-6-5-7-15(10-14)19-4/h5-7,10,12-13,16-18H,8-9,11H2,1-4H3. The minimum atomic E-state index is -0.489. The number of rotatable bonds is 8. The molecule has 1 rings (SSSR count). The van der Waals surface area contributed by atoms with Crippen LogP contribution in [0.4, 0.5) is 0 Å². The molecule has 0 radical (unpaired) electrons. The topological polar surface area (TPSA) is 41.5 Å². The molecular formula is C16H27NO2. The predicted octanol–water partition coefficient (Wildman–Crippen LogP) is 3.14. The summed E-state index contributed by atoms with van der Waals surface area (Å²) < 4.78 is 5.16. The molecule has 2 unspecified atom stereocenters. The molecule has 0 bridgehead atoms. The van der Waals surface area contributed by atoms with Crippen molar-refractivity contribution in [2.45, 2.75) is 45.8 Å². The van der Waals surface area contributed by atoms with Crippen LogP contribution in [0.5, 0.6) is 5.75 Å². The van der Waals surface area contributed by atoms with E-state index in [0.717, 1.165) is 23.7 Å². The summed E-state index contributed by atoms with van der Waals surface area (Å²) >= 11 is 0. The molecule has 0 aromatic heterocycles. The van der Waals surface area contributed by atoms with Crippen LogP contribution >= 0.6 is 0 Å². The number of hydrogen-bond acceptors (Lipinski definition) is 3. The summed E-state index contributed by atoms with van der Waals surface area (Å²) in [6.45, 7) is 7.21.